The molecule has 1 saturated heterocycles. The fourth-order valence-electron chi connectivity index (χ4n) is 4.56. The van der Waals surface area contributed by atoms with Crippen LogP contribution in [0.3, 0.4) is 0 Å². The maximum atomic E-state index is 13.7. The number of carbonyl (C=O) groups is 2. The number of hydrogen-bond acceptors (Lipinski definition) is 6. The molecule has 0 saturated carbocycles. The Labute approximate surface area is 232 Å². The zero-order valence-corrected chi connectivity index (χ0v) is 23.2. The first-order valence-electron chi connectivity index (χ1n) is 12.8. The number of carbonyl (C=O) groups excluding carboxylic acids is 2. The number of aromatic nitrogens is 1. The van der Waals surface area contributed by atoms with Gasteiger partial charge in [0.2, 0.25) is 0 Å². The number of pyridine rings is 1. The Kier molecular flexibility index (Phi) is 8.67. The van der Waals surface area contributed by atoms with E-state index in [2.05, 4.69) is 15.6 Å². The van der Waals surface area contributed by atoms with Gasteiger partial charge in [-0.3, -0.25) is 4.79 Å². The van der Waals surface area contributed by atoms with Crippen molar-refractivity contribution in [3.8, 4) is 0 Å². The summed E-state index contributed by atoms with van der Waals surface area (Å²) < 4.78 is 54.7. The van der Waals surface area contributed by atoms with Crippen LogP contribution >= 0.6 is 0 Å². The summed E-state index contributed by atoms with van der Waals surface area (Å²) in [6.45, 7) is 5.91. The minimum atomic E-state index is -4.37. The minimum Gasteiger partial charge on any atom is -0.355 e. The monoisotopic (exact) mass is 571 g/mol. The molecule has 2 heterocycles. The molecule has 3 amide bonds. The maximum Gasteiger partial charge on any atom is 0.328 e. The zero-order chi connectivity index (χ0) is 29.0. The summed E-state index contributed by atoms with van der Waals surface area (Å²) >= 11 is 0. The molecule has 3 N–H and O–H groups in total. The van der Waals surface area contributed by atoms with Gasteiger partial charge in [-0.25, -0.2) is 23.3 Å². The second-order valence-electron chi connectivity index (χ2n) is 10.0. The second-order valence-corrected chi connectivity index (χ2v) is 11.6. The molecular weight excluding hydrogens is 540 g/mol. The molecule has 40 heavy (non-hydrogen) atoms. The van der Waals surface area contributed by atoms with E-state index >= 15 is 0 Å². The molecule has 1 aromatic heterocycles. The SMILES string of the molecule is Cc1cc(F)ccc1Nc1cc(S(=O)(=O)NC(=O)NC(C)C)ncc1C(=O)N1CCC(c2ccc(F)cc2)CC1. The average molecular weight is 572 g/mol. The summed E-state index contributed by atoms with van der Waals surface area (Å²) in [5, 5.41) is 5.01. The van der Waals surface area contributed by atoms with Gasteiger partial charge in [0.15, 0.2) is 5.03 Å². The van der Waals surface area contributed by atoms with Crippen LogP contribution in [0.15, 0.2) is 59.8 Å². The van der Waals surface area contributed by atoms with Crippen molar-refractivity contribution in [3.63, 3.8) is 0 Å². The van der Waals surface area contributed by atoms with Crippen LogP contribution in [0.4, 0.5) is 25.0 Å². The van der Waals surface area contributed by atoms with Gasteiger partial charge in [0.25, 0.3) is 15.9 Å². The van der Waals surface area contributed by atoms with Gasteiger partial charge in [-0.1, -0.05) is 12.1 Å². The largest absolute Gasteiger partial charge is 0.355 e. The number of amides is 3. The summed E-state index contributed by atoms with van der Waals surface area (Å²) in [6, 6.07) is 10.3. The van der Waals surface area contributed by atoms with E-state index in [0.717, 1.165) is 11.8 Å². The topological polar surface area (TPSA) is 121 Å². The molecule has 4 rings (SSSR count). The quantitative estimate of drug-likeness (QED) is 0.374. The van der Waals surface area contributed by atoms with Crippen LogP contribution in [0.25, 0.3) is 0 Å². The first kappa shape index (κ1) is 28.9. The van der Waals surface area contributed by atoms with Crippen LogP contribution in [-0.4, -0.2) is 49.4 Å². The van der Waals surface area contributed by atoms with Crippen molar-refractivity contribution < 1.29 is 26.8 Å². The van der Waals surface area contributed by atoms with Crippen molar-refractivity contribution in [2.24, 2.45) is 0 Å². The lowest BCUT2D eigenvalue weighted by molar-refractivity contribution is 0.0713. The van der Waals surface area contributed by atoms with E-state index in [9.17, 15) is 26.8 Å². The van der Waals surface area contributed by atoms with Crippen LogP contribution in [0.1, 0.15) is 54.1 Å². The molecule has 9 nitrogen and oxygen atoms in total. The van der Waals surface area contributed by atoms with Gasteiger partial charge in [0, 0.05) is 37.1 Å². The number of sulfonamides is 1. The number of halogens is 2. The van der Waals surface area contributed by atoms with E-state index in [1.54, 1.807) is 37.8 Å². The van der Waals surface area contributed by atoms with Gasteiger partial charge in [-0.15, -0.1) is 0 Å². The Morgan fingerprint density at radius 2 is 1.62 bits per heavy atom. The van der Waals surface area contributed by atoms with E-state index in [-0.39, 0.29) is 34.9 Å². The predicted octanol–water partition coefficient (Wildman–Crippen LogP) is 4.83. The molecule has 212 valence electrons. The van der Waals surface area contributed by atoms with E-state index in [1.807, 2.05) is 4.72 Å². The van der Waals surface area contributed by atoms with E-state index in [1.165, 1.54) is 36.4 Å². The standard InChI is InChI=1S/C28H31F2N5O4S/c1-17(2)32-28(37)34-40(38,39)26-15-25(33-24-9-8-22(30)14-18(24)3)23(16-31-26)27(36)35-12-10-20(11-13-35)19-4-6-21(29)7-5-19/h4-9,14-17,20H,10-13H2,1-3H3,(H,31,33)(H2,32,34,37). The molecule has 0 radical (unpaired) electrons. The van der Waals surface area contributed by atoms with Gasteiger partial charge in [-0.05, 0) is 81.0 Å². The third-order valence-corrected chi connectivity index (χ3v) is 7.84. The van der Waals surface area contributed by atoms with Crippen LogP contribution in [0.2, 0.25) is 0 Å². The summed E-state index contributed by atoms with van der Waals surface area (Å²) in [4.78, 5) is 31.3. The van der Waals surface area contributed by atoms with Gasteiger partial charge in [0.05, 0.1) is 11.3 Å². The summed E-state index contributed by atoms with van der Waals surface area (Å²) in [5.74, 6) is -0.928. The Balaban J connectivity index is 1.61. The zero-order valence-electron chi connectivity index (χ0n) is 22.4. The molecule has 2 aromatic carbocycles. The lowest BCUT2D eigenvalue weighted by Gasteiger charge is -2.32. The second kappa shape index (κ2) is 12.0. The number of likely N-dealkylation sites (tertiary alicyclic amines) is 1. The van der Waals surface area contributed by atoms with E-state index in [0.29, 0.717) is 37.2 Å². The smallest absolute Gasteiger partial charge is 0.328 e. The molecule has 0 atom stereocenters. The van der Waals surface area contributed by atoms with Crippen molar-refractivity contribution >= 4 is 33.3 Å². The lowest BCUT2D eigenvalue weighted by atomic mass is 9.89. The molecule has 12 heteroatoms. The van der Waals surface area contributed by atoms with Gasteiger partial charge < -0.3 is 15.5 Å². The summed E-state index contributed by atoms with van der Waals surface area (Å²) in [6.07, 6.45) is 2.50. The van der Waals surface area contributed by atoms with Gasteiger partial charge in [0.1, 0.15) is 11.6 Å². The van der Waals surface area contributed by atoms with Crippen molar-refractivity contribution in [3.05, 3.63) is 83.1 Å². The van der Waals surface area contributed by atoms with Crippen molar-refractivity contribution in [1.82, 2.24) is 19.9 Å². The Hall–Kier alpha value is -4.06. The first-order valence-corrected chi connectivity index (χ1v) is 14.3. The molecule has 0 bridgehead atoms. The number of rotatable bonds is 7. The van der Waals surface area contributed by atoms with Crippen molar-refractivity contribution in [2.45, 2.75) is 50.6 Å². The number of aryl methyl sites for hydroxylation is 1. The summed E-state index contributed by atoms with van der Waals surface area (Å²) in [7, 11) is -4.37. The molecule has 0 spiro atoms. The first-order chi connectivity index (χ1) is 18.9. The van der Waals surface area contributed by atoms with E-state index in [4.69, 9.17) is 0 Å². The number of hydrogen-bond donors (Lipinski definition) is 3. The lowest BCUT2D eigenvalue weighted by Crippen LogP contribution is -2.42. The predicted molar refractivity (Wildman–Crippen MR) is 147 cm³/mol. The average Bonchev–Trinajstić information content (AvgIpc) is 2.89. The fourth-order valence-corrected chi connectivity index (χ4v) is 5.43. The highest BCUT2D eigenvalue weighted by Gasteiger charge is 2.28. The van der Waals surface area contributed by atoms with Gasteiger partial charge >= 0.3 is 6.03 Å². The normalized spacial score (nSPS) is 14.2. The third kappa shape index (κ3) is 6.92. The summed E-state index contributed by atoms with van der Waals surface area (Å²) in [5.41, 5.74) is 2.27. The highest BCUT2D eigenvalue weighted by Crippen LogP contribution is 2.31. The third-order valence-electron chi connectivity index (χ3n) is 6.61. The molecule has 1 aliphatic heterocycles. The van der Waals surface area contributed by atoms with Crippen molar-refractivity contribution in [2.75, 3.05) is 18.4 Å². The number of anilines is 2. The van der Waals surface area contributed by atoms with Crippen molar-refractivity contribution in [1.29, 1.82) is 0 Å². The number of benzene rings is 2. The van der Waals surface area contributed by atoms with Crippen LogP contribution < -0.4 is 15.4 Å². The molecular formula is C28H31F2N5O4S. The fraction of sp³-hybridized carbons (Fsp3) is 0.321. The number of nitrogens with zero attached hydrogens (tertiary/aromatic N) is 2. The maximum absolute atomic E-state index is 13.7. The Morgan fingerprint density at radius 3 is 2.25 bits per heavy atom. The molecule has 3 aromatic rings. The Morgan fingerprint density at radius 1 is 0.975 bits per heavy atom. The van der Waals surface area contributed by atoms with Crippen LogP contribution in [-0.2, 0) is 10.0 Å². The van der Waals surface area contributed by atoms with E-state index < -0.39 is 26.9 Å². The molecule has 0 aliphatic carbocycles. The minimum absolute atomic E-state index is 0.120. The highest BCUT2D eigenvalue weighted by atomic mass is 32.2. The number of piperidine rings is 1. The van der Waals surface area contributed by atoms with Crippen LogP contribution in [0.5, 0.6) is 0 Å². The van der Waals surface area contributed by atoms with Crippen LogP contribution in [0, 0.1) is 18.6 Å². The molecule has 0 unspecified atom stereocenters. The number of nitrogens with one attached hydrogen (secondary N) is 3. The number of urea groups is 1. The molecule has 1 aliphatic rings. The molecule has 1 fully saturated rings. The highest BCUT2D eigenvalue weighted by molar-refractivity contribution is 7.90. The Bertz CT molecular complexity index is 1510. The van der Waals surface area contributed by atoms with Gasteiger partial charge in [-0.2, -0.15) is 8.42 Å².